The van der Waals surface area contributed by atoms with E-state index >= 15 is 0 Å². The molecule has 0 aliphatic heterocycles. The normalized spacial score (nSPS) is 32.1. The third-order valence-electron chi connectivity index (χ3n) is 5.06. The number of nitrogens with two attached hydrogens (primary N) is 1. The van der Waals surface area contributed by atoms with Crippen LogP contribution < -0.4 is 5.73 Å². The molecule has 0 radical (unpaired) electrons. The summed E-state index contributed by atoms with van der Waals surface area (Å²) in [4.78, 5) is 1.06. The highest BCUT2D eigenvalue weighted by atomic mass is 32.1. The molecule has 0 spiro atoms. The van der Waals surface area contributed by atoms with Gasteiger partial charge in [-0.3, -0.25) is 0 Å². The zero-order valence-electron chi connectivity index (χ0n) is 11.5. The van der Waals surface area contributed by atoms with Gasteiger partial charge in [-0.1, -0.05) is 19.4 Å². The fourth-order valence-corrected chi connectivity index (χ4v) is 4.25. The molecule has 1 atom stereocenters. The molecule has 0 saturated heterocycles. The summed E-state index contributed by atoms with van der Waals surface area (Å²) in [5.41, 5.74) is 5.14. The van der Waals surface area contributed by atoms with Crippen molar-refractivity contribution >= 4 is 11.3 Å². The van der Waals surface area contributed by atoms with Gasteiger partial charge in [-0.05, 0) is 50.0 Å². The van der Waals surface area contributed by atoms with Crippen molar-refractivity contribution in [2.24, 2.45) is 17.1 Å². The van der Waals surface area contributed by atoms with Crippen molar-refractivity contribution < 1.29 is 5.11 Å². The van der Waals surface area contributed by atoms with E-state index in [4.69, 9.17) is 5.73 Å². The van der Waals surface area contributed by atoms with Crippen LogP contribution in [0.3, 0.4) is 0 Å². The molecule has 1 aromatic rings. The fraction of sp³-hybridized carbons (Fsp3) is 0.733. The van der Waals surface area contributed by atoms with Gasteiger partial charge in [0.1, 0.15) is 5.60 Å². The van der Waals surface area contributed by atoms with Crippen molar-refractivity contribution in [3.8, 4) is 0 Å². The second-order valence-electron chi connectivity index (χ2n) is 5.89. The van der Waals surface area contributed by atoms with Crippen molar-refractivity contribution in [1.82, 2.24) is 0 Å². The molecular weight excluding hydrogens is 242 g/mol. The van der Waals surface area contributed by atoms with Gasteiger partial charge in [-0.15, -0.1) is 11.3 Å². The number of hydrogen-bond acceptors (Lipinski definition) is 3. The molecule has 1 aliphatic carbocycles. The molecule has 0 bridgehead atoms. The summed E-state index contributed by atoms with van der Waals surface area (Å²) < 4.78 is 0. The lowest BCUT2D eigenvalue weighted by Crippen LogP contribution is -2.50. The lowest BCUT2D eigenvalue weighted by molar-refractivity contribution is -0.0955. The number of rotatable bonds is 4. The Balaban J connectivity index is 2.23. The molecule has 1 saturated carbocycles. The molecule has 3 heteroatoms. The summed E-state index contributed by atoms with van der Waals surface area (Å²) >= 11 is 1.64. The lowest BCUT2D eigenvalue weighted by atomic mass is 9.61. The molecule has 2 nitrogen and oxygen atoms in total. The summed E-state index contributed by atoms with van der Waals surface area (Å²) in [5.74, 6) is 0.823. The first-order valence-corrected chi connectivity index (χ1v) is 7.90. The van der Waals surface area contributed by atoms with Crippen molar-refractivity contribution in [3.05, 3.63) is 22.4 Å². The molecule has 18 heavy (non-hydrogen) atoms. The smallest absolute Gasteiger partial charge is 0.103 e. The molecule has 102 valence electrons. The van der Waals surface area contributed by atoms with E-state index in [0.717, 1.165) is 23.6 Å². The second-order valence-corrected chi connectivity index (χ2v) is 6.83. The molecular formula is C15H25NOS. The van der Waals surface area contributed by atoms with E-state index in [1.807, 2.05) is 24.4 Å². The first-order chi connectivity index (χ1) is 8.55. The van der Waals surface area contributed by atoms with E-state index in [-0.39, 0.29) is 5.41 Å². The van der Waals surface area contributed by atoms with Crippen LogP contribution in [0, 0.1) is 11.3 Å². The van der Waals surface area contributed by atoms with Crippen LogP contribution in [0.1, 0.15) is 50.8 Å². The number of hydrogen-bond donors (Lipinski definition) is 2. The van der Waals surface area contributed by atoms with E-state index in [9.17, 15) is 5.11 Å². The van der Waals surface area contributed by atoms with Gasteiger partial charge >= 0.3 is 0 Å². The predicted octanol–water partition coefficient (Wildman–Crippen LogP) is 3.50. The van der Waals surface area contributed by atoms with Crippen molar-refractivity contribution in [1.29, 1.82) is 0 Å². The molecule has 1 unspecified atom stereocenters. The zero-order chi connectivity index (χ0) is 13.2. The van der Waals surface area contributed by atoms with Crippen LogP contribution in [0.25, 0.3) is 0 Å². The van der Waals surface area contributed by atoms with Gasteiger partial charge < -0.3 is 10.8 Å². The Labute approximate surface area is 114 Å². The highest BCUT2D eigenvalue weighted by Crippen LogP contribution is 2.51. The highest BCUT2D eigenvalue weighted by molar-refractivity contribution is 7.10. The first-order valence-electron chi connectivity index (χ1n) is 7.02. The number of thiophene rings is 1. The van der Waals surface area contributed by atoms with E-state index in [0.29, 0.717) is 6.54 Å². The van der Waals surface area contributed by atoms with Gasteiger partial charge in [0.05, 0.1) is 0 Å². The molecule has 0 amide bonds. The van der Waals surface area contributed by atoms with Crippen LogP contribution in [-0.2, 0) is 5.60 Å². The quantitative estimate of drug-likeness (QED) is 0.877. The third-order valence-corrected chi connectivity index (χ3v) is 6.14. The van der Waals surface area contributed by atoms with Gasteiger partial charge in [0.25, 0.3) is 0 Å². The molecule has 1 heterocycles. The maximum atomic E-state index is 11.0. The largest absolute Gasteiger partial charge is 0.384 e. The van der Waals surface area contributed by atoms with Gasteiger partial charge in [0, 0.05) is 16.8 Å². The minimum atomic E-state index is -0.783. The Morgan fingerprint density at radius 1 is 1.50 bits per heavy atom. The topological polar surface area (TPSA) is 46.2 Å². The van der Waals surface area contributed by atoms with Crippen LogP contribution in [0.4, 0.5) is 0 Å². The summed E-state index contributed by atoms with van der Waals surface area (Å²) in [7, 11) is 0. The summed E-state index contributed by atoms with van der Waals surface area (Å²) in [6.07, 6.45) is 5.76. The molecule has 1 fully saturated rings. The highest BCUT2D eigenvalue weighted by Gasteiger charge is 2.49. The van der Waals surface area contributed by atoms with Gasteiger partial charge in [0.15, 0.2) is 0 Å². The van der Waals surface area contributed by atoms with Crippen molar-refractivity contribution in [3.63, 3.8) is 0 Å². The number of aliphatic hydroxyl groups is 1. The SMILES string of the molecule is CCC1CCC(CN)(C(C)(O)c2cccs2)CC1. The summed E-state index contributed by atoms with van der Waals surface area (Å²) in [6.45, 7) is 4.80. The fourth-order valence-electron chi connectivity index (χ4n) is 3.34. The third kappa shape index (κ3) is 2.24. The predicted molar refractivity (Wildman–Crippen MR) is 77.6 cm³/mol. The minimum absolute atomic E-state index is 0.135. The average molecular weight is 267 g/mol. The Hall–Kier alpha value is -0.380. The van der Waals surface area contributed by atoms with Crippen LogP contribution in [-0.4, -0.2) is 11.7 Å². The monoisotopic (exact) mass is 267 g/mol. The maximum absolute atomic E-state index is 11.0. The van der Waals surface area contributed by atoms with Crippen LogP contribution in [0.5, 0.6) is 0 Å². The Bertz CT molecular complexity index is 364. The molecule has 2 rings (SSSR count). The van der Waals surface area contributed by atoms with E-state index in [1.165, 1.54) is 19.3 Å². The van der Waals surface area contributed by atoms with E-state index < -0.39 is 5.60 Å². The minimum Gasteiger partial charge on any atom is -0.384 e. The average Bonchev–Trinajstić information content (AvgIpc) is 2.93. The van der Waals surface area contributed by atoms with E-state index in [1.54, 1.807) is 11.3 Å². The van der Waals surface area contributed by atoms with Crippen LogP contribution in [0.2, 0.25) is 0 Å². The van der Waals surface area contributed by atoms with Crippen molar-refractivity contribution in [2.75, 3.05) is 6.54 Å². The zero-order valence-corrected chi connectivity index (χ0v) is 12.3. The lowest BCUT2D eigenvalue weighted by Gasteiger charge is -2.48. The first kappa shape index (κ1) is 14.0. The molecule has 1 aliphatic rings. The van der Waals surface area contributed by atoms with E-state index in [2.05, 4.69) is 6.92 Å². The Morgan fingerprint density at radius 2 is 2.17 bits per heavy atom. The molecule has 1 aromatic heterocycles. The summed E-state index contributed by atoms with van der Waals surface area (Å²) in [5, 5.41) is 13.1. The Morgan fingerprint density at radius 3 is 2.61 bits per heavy atom. The van der Waals surface area contributed by atoms with Crippen molar-refractivity contribution in [2.45, 2.75) is 51.6 Å². The van der Waals surface area contributed by atoms with Crippen LogP contribution in [0.15, 0.2) is 17.5 Å². The van der Waals surface area contributed by atoms with Gasteiger partial charge in [0.2, 0.25) is 0 Å². The van der Waals surface area contributed by atoms with Gasteiger partial charge in [-0.25, -0.2) is 0 Å². The maximum Gasteiger partial charge on any atom is 0.103 e. The second kappa shape index (κ2) is 5.32. The standard InChI is InChI=1S/C15H25NOS/c1-3-12-6-8-15(11-16,9-7-12)14(2,17)13-5-4-10-18-13/h4-5,10,12,17H,3,6-9,11,16H2,1-2H3. The van der Waals surface area contributed by atoms with Gasteiger partial charge in [-0.2, -0.15) is 0 Å². The molecule has 0 aromatic carbocycles. The molecule has 3 N–H and O–H groups in total. The van der Waals surface area contributed by atoms with Crippen LogP contribution >= 0.6 is 11.3 Å². The Kier molecular flexibility index (Phi) is 4.15. The summed E-state index contributed by atoms with van der Waals surface area (Å²) in [6, 6.07) is 4.05.